The number of benzene rings is 1. The molecule has 70 valence electrons. The van der Waals surface area contributed by atoms with Crippen LogP contribution in [0.2, 0.25) is 0 Å². The van der Waals surface area contributed by atoms with Crippen molar-refractivity contribution in [1.29, 1.82) is 0 Å². The Hall–Kier alpha value is -1.32. The molecule has 0 saturated heterocycles. The van der Waals surface area contributed by atoms with Gasteiger partial charge in [0.25, 0.3) is 0 Å². The van der Waals surface area contributed by atoms with Crippen molar-refractivity contribution in [2.75, 3.05) is 0 Å². The van der Waals surface area contributed by atoms with Gasteiger partial charge in [-0.05, 0) is 24.3 Å². The number of aromatic nitrogens is 1. The molecule has 0 amide bonds. The molecule has 2 aromatic rings. The molecule has 0 saturated carbocycles. The molecule has 0 radical (unpaired) electrons. The van der Waals surface area contributed by atoms with Crippen molar-refractivity contribution in [3.63, 3.8) is 0 Å². The lowest BCUT2D eigenvalue weighted by Crippen LogP contribution is -1.75. The summed E-state index contributed by atoms with van der Waals surface area (Å²) in [5.74, 6) is 0.283. The lowest BCUT2D eigenvalue weighted by molar-refractivity contribution is 0.476. The van der Waals surface area contributed by atoms with Gasteiger partial charge >= 0.3 is 0 Å². The van der Waals surface area contributed by atoms with Crippen LogP contribution in [0.1, 0.15) is 0 Å². The number of phenols is 1. The first-order valence-corrected chi connectivity index (χ1v) is 3.40. The van der Waals surface area contributed by atoms with Crippen LogP contribution in [-0.2, 0) is 0 Å². The number of nitrogens with zero attached hydrogens (tertiary/aromatic N) is 1. The van der Waals surface area contributed by atoms with Gasteiger partial charge in [-0.25, -0.2) is 0 Å². The minimum absolute atomic E-state index is 0. The molecule has 1 heterocycles. The molecular weight excluding hydrogens is 190 g/mol. The highest BCUT2D eigenvalue weighted by molar-refractivity contribution is 5.85. The lowest BCUT2D eigenvalue weighted by Gasteiger charge is -1.95. The third-order valence-corrected chi connectivity index (χ3v) is 1.59. The van der Waals surface area contributed by atoms with Crippen LogP contribution in [0.15, 0.2) is 36.5 Å². The van der Waals surface area contributed by atoms with Gasteiger partial charge in [-0.3, -0.25) is 4.98 Å². The number of hydrogen-bond acceptors (Lipinski definition) is 2. The first-order valence-electron chi connectivity index (χ1n) is 3.40. The summed E-state index contributed by atoms with van der Waals surface area (Å²) >= 11 is 0. The molecule has 0 spiro atoms. The van der Waals surface area contributed by atoms with Crippen LogP contribution in [-0.4, -0.2) is 15.6 Å². The molecule has 0 bridgehead atoms. The van der Waals surface area contributed by atoms with E-state index in [0.29, 0.717) is 0 Å². The quantitative estimate of drug-likeness (QED) is 0.700. The number of hydrogen-bond donors (Lipinski definition) is 1. The van der Waals surface area contributed by atoms with E-state index >= 15 is 0 Å². The molecule has 0 aliphatic carbocycles. The Bertz CT molecular complexity index is 392. The summed E-state index contributed by atoms with van der Waals surface area (Å²) < 4.78 is 0. The Morgan fingerprint density at radius 2 is 1.92 bits per heavy atom. The van der Waals surface area contributed by atoms with Crippen LogP contribution in [0.4, 0.5) is 0 Å². The molecule has 0 fully saturated rings. The Labute approximate surface area is 81.8 Å². The largest absolute Gasteiger partial charge is 0.508 e. The lowest BCUT2D eigenvalue weighted by atomic mass is 10.2. The highest BCUT2D eigenvalue weighted by Gasteiger charge is 1.92. The molecule has 0 unspecified atom stereocenters. The molecule has 1 aromatic heterocycles. The molecule has 2 rings (SSSR count). The predicted octanol–water partition coefficient (Wildman–Crippen LogP) is 1.54. The van der Waals surface area contributed by atoms with Crippen molar-refractivity contribution in [2.45, 2.75) is 0 Å². The number of phenolic OH excluding ortho intramolecular Hbond substituents is 1. The average Bonchev–Trinajstić information content (AvgIpc) is 2.04. The van der Waals surface area contributed by atoms with Gasteiger partial charge in [-0.1, -0.05) is 6.07 Å². The standard InChI is InChI=1S/C9H7NO.ClH.H2O/c11-8-3-4-9-7(6-8)2-1-5-10-9;;/h1-6,11H;1H;1H2. The van der Waals surface area contributed by atoms with Gasteiger partial charge in [0.15, 0.2) is 0 Å². The fraction of sp³-hybridized carbons (Fsp3) is 0. The molecule has 3 N–H and O–H groups in total. The minimum Gasteiger partial charge on any atom is -0.508 e. The van der Waals surface area contributed by atoms with E-state index in [1.807, 2.05) is 12.1 Å². The zero-order chi connectivity index (χ0) is 7.68. The fourth-order valence-corrected chi connectivity index (χ4v) is 1.06. The maximum absolute atomic E-state index is 9.10. The zero-order valence-electron chi connectivity index (χ0n) is 6.77. The van der Waals surface area contributed by atoms with Gasteiger partial charge in [0.1, 0.15) is 5.75 Å². The number of rotatable bonds is 0. The number of halogens is 1. The first-order chi connectivity index (χ1) is 5.36. The first kappa shape index (κ1) is 11.7. The average molecular weight is 200 g/mol. The zero-order valence-corrected chi connectivity index (χ0v) is 7.58. The van der Waals surface area contributed by atoms with Crippen LogP contribution >= 0.6 is 12.4 Å². The number of aromatic hydroxyl groups is 1. The van der Waals surface area contributed by atoms with E-state index < -0.39 is 0 Å². The second-order valence-corrected chi connectivity index (χ2v) is 2.38. The molecule has 1 aromatic carbocycles. The fourth-order valence-electron chi connectivity index (χ4n) is 1.06. The Kier molecular flexibility index (Phi) is 4.17. The van der Waals surface area contributed by atoms with E-state index in [0.717, 1.165) is 10.9 Å². The van der Waals surface area contributed by atoms with Gasteiger partial charge in [0.05, 0.1) is 5.52 Å². The van der Waals surface area contributed by atoms with E-state index in [1.165, 1.54) is 0 Å². The van der Waals surface area contributed by atoms with Gasteiger partial charge in [0.2, 0.25) is 0 Å². The van der Waals surface area contributed by atoms with Crippen molar-refractivity contribution in [1.82, 2.24) is 4.98 Å². The smallest absolute Gasteiger partial charge is 0.116 e. The summed E-state index contributed by atoms with van der Waals surface area (Å²) in [5, 5.41) is 10.1. The van der Waals surface area contributed by atoms with E-state index in [2.05, 4.69) is 4.98 Å². The highest BCUT2D eigenvalue weighted by Crippen LogP contribution is 2.16. The molecule has 4 heteroatoms. The van der Waals surface area contributed by atoms with Crippen molar-refractivity contribution < 1.29 is 10.6 Å². The topological polar surface area (TPSA) is 64.6 Å². The van der Waals surface area contributed by atoms with Gasteiger partial charge in [-0.2, -0.15) is 0 Å². The van der Waals surface area contributed by atoms with Crippen LogP contribution in [0.25, 0.3) is 10.9 Å². The molecule has 0 atom stereocenters. The van der Waals surface area contributed by atoms with E-state index in [9.17, 15) is 0 Å². The third kappa shape index (κ3) is 2.31. The van der Waals surface area contributed by atoms with Crippen molar-refractivity contribution in [3.8, 4) is 5.75 Å². The summed E-state index contributed by atoms with van der Waals surface area (Å²) in [6.07, 6.45) is 1.74. The van der Waals surface area contributed by atoms with Gasteiger partial charge in [0, 0.05) is 11.6 Å². The van der Waals surface area contributed by atoms with Crippen molar-refractivity contribution in [2.24, 2.45) is 0 Å². The van der Waals surface area contributed by atoms with Crippen LogP contribution in [0, 0.1) is 0 Å². The van der Waals surface area contributed by atoms with Gasteiger partial charge < -0.3 is 10.6 Å². The molecule has 0 aliphatic heterocycles. The molecule has 13 heavy (non-hydrogen) atoms. The second-order valence-electron chi connectivity index (χ2n) is 2.38. The molecular formula is C9H10ClNO2. The Morgan fingerprint density at radius 1 is 1.15 bits per heavy atom. The van der Waals surface area contributed by atoms with Crippen molar-refractivity contribution >= 4 is 23.3 Å². The summed E-state index contributed by atoms with van der Waals surface area (Å²) in [6.45, 7) is 0. The van der Waals surface area contributed by atoms with Crippen LogP contribution in [0.5, 0.6) is 5.75 Å². The second kappa shape index (κ2) is 4.64. The number of pyridine rings is 1. The Balaban J connectivity index is 0.000000720. The third-order valence-electron chi connectivity index (χ3n) is 1.59. The summed E-state index contributed by atoms with van der Waals surface area (Å²) in [4.78, 5) is 4.11. The summed E-state index contributed by atoms with van der Waals surface area (Å²) in [5.41, 5.74) is 0.908. The minimum atomic E-state index is 0. The monoisotopic (exact) mass is 199 g/mol. The summed E-state index contributed by atoms with van der Waals surface area (Å²) in [7, 11) is 0. The van der Waals surface area contributed by atoms with E-state index in [4.69, 9.17) is 5.11 Å². The maximum Gasteiger partial charge on any atom is 0.116 e. The molecule has 3 nitrogen and oxygen atoms in total. The van der Waals surface area contributed by atoms with E-state index in [1.54, 1.807) is 24.4 Å². The highest BCUT2D eigenvalue weighted by atomic mass is 35.5. The van der Waals surface area contributed by atoms with Gasteiger partial charge in [-0.15, -0.1) is 12.4 Å². The Morgan fingerprint density at radius 3 is 2.69 bits per heavy atom. The SMILES string of the molecule is Cl.O.Oc1ccc2ncccc2c1. The van der Waals surface area contributed by atoms with Crippen molar-refractivity contribution in [3.05, 3.63) is 36.5 Å². The van der Waals surface area contributed by atoms with Crippen LogP contribution in [0.3, 0.4) is 0 Å². The van der Waals surface area contributed by atoms with Crippen LogP contribution < -0.4 is 0 Å². The van der Waals surface area contributed by atoms with E-state index in [-0.39, 0.29) is 23.6 Å². The number of fused-ring (bicyclic) bond motifs is 1. The predicted molar refractivity (Wildman–Crippen MR) is 54.3 cm³/mol. The maximum atomic E-state index is 9.10. The summed E-state index contributed by atoms with van der Waals surface area (Å²) in [6, 6.07) is 8.90. The normalized spacial score (nSPS) is 8.62. The molecule has 0 aliphatic rings.